The third-order valence-corrected chi connectivity index (χ3v) is 1.02. The van der Waals surface area contributed by atoms with Gasteiger partial charge in [-0.2, -0.15) is 0 Å². The van der Waals surface area contributed by atoms with E-state index >= 15 is 0 Å². The van der Waals surface area contributed by atoms with Crippen molar-refractivity contribution in [3.05, 3.63) is 18.5 Å². The summed E-state index contributed by atoms with van der Waals surface area (Å²) in [4.78, 5) is 27.4. The third-order valence-electron chi connectivity index (χ3n) is 0.751. The Morgan fingerprint density at radius 2 is 1.92 bits per heavy atom. The average molecular weight is 192 g/mol. The number of phosphoric acid groups is 1. The van der Waals surface area contributed by atoms with Crippen molar-refractivity contribution in [2.75, 3.05) is 0 Å². The molecule has 12 heavy (non-hydrogen) atoms. The van der Waals surface area contributed by atoms with Gasteiger partial charge in [0.25, 0.3) is 0 Å². The monoisotopic (exact) mass is 192 g/mol. The van der Waals surface area contributed by atoms with Gasteiger partial charge in [-0.1, -0.05) is 4.67 Å². The second-order valence-corrected chi connectivity index (χ2v) is 2.81. The van der Waals surface area contributed by atoms with Crippen LogP contribution in [0.3, 0.4) is 0 Å². The molecule has 1 aromatic heterocycles. The van der Waals surface area contributed by atoms with Crippen LogP contribution in [-0.2, 0) is 9.24 Å². The predicted octanol–water partition coefficient (Wildman–Crippen LogP) is -0.120. The zero-order chi connectivity index (χ0) is 9.03. The third kappa shape index (κ3) is 3.40. The van der Waals surface area contributed by atoms with Gasteiger partial charge in [-0.25, -0.2) is 14.5 Å². The van der Waals surface area contributed by atoms with Gasteiger partial charge >= 0.3 is 13.8 Å². The van der Waals surface area contributed by atoms with E-state index in [2.05, 4.69) is 19.5 Å². The van der Waals surface area contributed by atoms with Crippen molar-refractivity contribution < 1.29 is 23.9 Å². The van der Waals surface area contributed by atoms with Crippen LogP contribution in [-0.4, -0.2) is 19.8 Å². The number of hydrogen-bond acceptors (Lipinski definition) is 5. The van der Waals surface area contributed by atoms with Crippen LogP contribution in [0.5, 0.6) is 6.01 Å². The number of hydrogen-bond donors (Lipinski definition) is 2. The van der Waals surface area contributed by atoms with Crippen LogP contribution in [0, 0.1) is 0 Å². The molecular formula is C4H5N2O5P. The van der Waals surface area contributed by atoms with E-state index in [9.17, 15) is 4.57 Å². The molecule has 0 bridgehead atoms. The lowest BCUT2D eigenvalue weighted by Crippen LogP contribution is -1.97. The van der Waals surface area contributed by atoms with Crippen molar-refractivity contribution >= 4 is 7.82 Å². The Hall–Kier alpha value is -1.01. The van der Waals surface area contributed by atoms with Crippen molar-refractivity contribution in [1.82, 2.24) is 9.97 Å². The fourth-order valence-electron chi connectivity index (χ4n) is 0.410. The average Bonchev–Trinajstić information content (AvgIpc) is 2.02. The van der Waals surface area contributed by atoms with E-state index in [0.29, 0.717) is 0 Å². The molecule has 2 N–H and O–H groups in total. The van der Waals surface area contributed by atoms with Crippen molar-refractivity contribution in [1.29, 1.82) is 0 Å². The van der Waals surface area contributed by atoms with Crippen LogP contribution >= 0.6 is 7.82 Å². The molecule has 7 nitrogen and oxygen atoms in total. The van der Waals surface area contributed by atoms with Crippen molar-refractivity contribution in [3.8, 4) is 6.01 Å². The quantitative estimate of drug-likeness (QED) is 0.391. The Morgan fingerprint density at radius 3 is 2.42 bits per heavy atom. The Kier molecular flexibility index (Phi) is 2.72. The Morgan fingerprint density at radius 1 is 1.33 bits per heavy atom. The summed E-state index contributed by atoms with van der Waals surface area (Å²) in [5.74, 6) is 0. The van der Waals surface area contributed by atoms with Gasteiger partial charge in [0, 0.05) is 12.4 Å². The molecule has 0 aromatic carbocycles. The largest absolute Gasteiger partial charge is 0.505 e. The lowest BCUT2D eigenvalue weighted by Gasteiger charge is -2.01. The van der Waals surface area contributed by atoms with Crippen LogP contribution in [0.1, 0.15) is 0 Å². The summed E-state index contributed by atoms with van der Waals surface area (Å²) >= 11 is 0. The molecule has 0 aliphatic rings. The van der Waals surface area contributed by atoms with E-state index in [-0.39, 0.29) is 6.01 Å². The van der Waals surface area contributed by atoms with Crippen LogP contribution in [0.4, 0.5) is 0 Å². The highest BCUT2D eigenvalue weighted by Crippen LogP contribution is 2.35. The molecule has 0 radical (unpaired) electrons. The van der Waals surface area contributed by atoms with Crippen molar-refractivity contribution in [3.63, 3.8) is 0 Å². The number of nitrogens with zero attached hydrogens (tertiary/aromatic N) is 2. The molecule has 1 rings (SSSR count). The maximum atomic E-state index is 10.1. The van der Waals surface area contributed by atoms with Gasteiger partial charge in [0.05, 0.1) is 0 Å². The van der Waals surface area contributed by atoms with Crippen LogP contribution in [0.2, 0.25) is 0 Å². The molecular weight excluding hydrogens is 187 g/mol. The SMILES string of the molecule is O=P(O)(O)OOc1ncccn1. The van der Waals surface area contributed by atoms with E-state index in [0.717, 1.165) is 0 Å². The molecule has 0 amide bonds. The molecule has 0 aliphatic carbocycles. The minimum Gasteiger partial charge on any atom is -0.301 e. The van der Waals surface area contributed by atoms with Crippen molar-refractivity contribution in [2.24, 2.45) is 0 Å². The summed E-state index contributed by atoms with van der Waals surface area (Å²) in [6.45, 7) is 0. The second kappa shape index (κ2) is 3.59. The molecule has 0 spiro atoms. The maximum Gasteiger partial charge on any atom is 0.505 e. The summed E-state index contributed by atoms with van der Waals surface area (Å²) in [7, 11) is -4.63. The summed E-state index contributed by atoms with van der Waals surface area (Å²) in [6, 6.07) is 1.26. The van der Waals surface area contributed by atoms with E-state index in [1.807, 2.05) is 0 Å². The normalized spacial score (nSPS) is 11.2. The van der Waals surface area contributed by atoms with E-state index in [1.165, 1.54) is 18.5 Å². The van der Waals surface area contributed by atoms with Gasteiger partial charge in [0.2, 0.25) is 0 Å². The molecule has 0 fully saturated rings. The molecule has 0 atom stereocenters. The van der Waals surface area contributed by atoms with Crippen LogP contribution in [0.15, 0.2) is 18.5 Å². The lowest BCUT2D eigenvalue weighted by molar-refractivity contribution is -0.130. The van der Waals surface area contributed by atoms with Gasteiger partial charge in [-0.15, -0.1) is 0 Å². The van der Waals surface area contributed by atoms with Gasteiger partial charge in [-0.05, 0) is 6.07 Å². The second-order valence-electron chi connectivity index (χ2n) is 1.68. The van der Waals surface area contributed by atoms with Crippen molar-refractivity contribution in [2.45, 2.75) is 0 Å². The Balaban J connectivity index is 2.50. The summed E-state index contributed by atoms with van der Waals surface area (Å²) in [6.07, 6.45) is 2.68. The molecule has 8 heteroatoms. The first kappa shape index (κ1) is 9.08. The molecule has 1 aromatic rings. The number of aromatic nitrogens is 2. The van der Waals surface area contributed by atoms with E-state index in [4.69, 9.17) is 9.79 Å². The van der Waals surface area contributed by atoms with E-state index in [1.54, 1.807) is 0 Å². The Bertz CT molecular complexity index is 285. The molecule has 0 saturated heterocycles. The first-order valence-corrected chi connectivity index (χ1v) is 4.30. The minimum absolute atomic E-state index is 0.263. The standard InChI is InChI=1S/C4H5N2O5P/c7-12(8,9)11-10-4-5-2-1-3-6-4/h1-3H,(H2,7,8,9). The summed E-state index contributed by atoms with van der Waals surface area (Å²) < 4.78 is 13.8. The molecule has 0 aliphatic heterocycles. The zero-order valence-electron chi connectivity index (χ0n) is 5.69. The van der Waals surface area contributed by atoms with Crippen LogP contribution in [0.25, 0.3) is 0 Å². The highest BCUT2D eigenvalue weighted by atomic mass is 31.2. The summed E-state index contributed by atoms with van der Waals surface area (Å²) in [5, 5.41) is 0. The molecule has 1 heterocycles. The smallest absolute Gasteiger partial charge is 0.301 e. The van der Waals surface area contributed by atoms with Gasteiger partial charge < -0.3 is 9.79 Å². The minimum atomic E-state index is -4.63. The summed E-state index contributed by atoms with van der Waals surface area (Å²) in [5.41, 5.74) is 0. The fraction of sp³-hybridized carbons (Fsp3) is 0. The first-order valence-electron chi connectivity index (χ1n) is 2.77. The van der Waals surface area contributed by atoms with E-state index < -0.39 is 7.82 Å². The maximum absolute atomic E-state index is 10.1. The molecule has 66 valence electrons. The lowest BCUT2D eigenvalue weighted by atomic mass is 10.7. The predicted molar refractivity (Wildman–Crippen MR) is 35.8 cm³/mol. The van der Waals surface area contributed by atoms with Gasteiger partial charge in [-0.3, -0.25) is 4.89 Å². The first-order chi connectivity index (χ1) is 5.58. The molecule has 0 unspecified atom stereocenters. The Labute approximate surface area is 67.2 Å². The van der Waals surface area contributed by atoms with Crippen LogP contribution < -0.4 is 4.89 Å². The molecule has 0 saturated carbocycles. The highest BCUT2D eigenvalue weighted by Gasteiger charge is 2.16. The van der Waals surface area contributed by atoms with Gasteiger partial charge in [0.15, 0.2) is 0 Å². The van der Waals surface area contributed by atoms with Gasteiger partial charge in [0.1, 0.15) is 0 Å². The topological polar surface area (TPSA) is 102 Å². The fourth-order valence-corrected chi connectivity index (χ4v) is 0.574. The highest BCUT2D eigenvalue weighted by molar-refractivity contribution is 7.46. The zero-order valence-corrected chi connectivity index (χ0v) is 6.59. The number of rotatable bonds is 3.